The summed E-state index contributed by atoms with van der Waals surface area (Å²) in [4.78, 5) is 16.2. The summed E-state index contributed by atoms with van der Waals surface area (Å²) >= 11 is 0. The topological polar surface area (TPSA) is 94.0 Å². The van der Waals surface area contributed by atoms with Crippen LogP contribution in [0.2, 0.25) is 0 Å². The van der Waals surface area contributed by atoms with Crippen LogP contribution in [0.15, 0.2) is 4.52 Å². The Kier molecular flexibility index (Phi) is 4.90. The van der Waals surface area contributed by atoms with Crippen LogP contribution in [0.4, 0.5) is 0 Å². The Hall–Kier alpha value is -1.43. The number of aromatic nitrogens is 2. The van der Waals surface area contributed by atoms with Crippen molar-refractivity contribution in [2.45, 2.75) is 51.5 Å². The first kappa shape index (κ1) is 14.0. The average Bonchev–Trinajstić information content (AvgIpc) is 2.67. The molecule has 0 saturated heterocycles. The highest BCUT2D eigenvalue weighted by molar-refractivity contribution is 5.79. The van der Waals surface area contributed by atoms with Crippen molar-refractivity contribution >= 4 is 5.91 Å². The molecule has 0 aromatic carbocycles. The lowest BCUT2D eigenvalue weighted by molar-refractivity contribution is -0.125. The van der Waals surface area contributed by atoms with E-state index in [-0.39, 0.29) is 17.9 Å². The van der Waals surface area contributed by atoms with Gasteiger partial charge in [0.05, 0.1) is 5.92 Å². The van der Waals surface area contributed by atoms with E-state index in [2.05, 4.69) is 15.5 Å². The summed E-state index contributed by atoms with van der Waals surface area (Å²) in [6.45, 7) is 2.28. The zero-order valence-corrected chi connectivity index (χ0v) is 11.4. The maximum Gasteiger partial charge on any atom is 0.224 e. The molecule has 2 rings (SSSR count). The van der Waals surface area contributed by atoms with Crippen molar-refractivity contribution in [1.82, 2.24) is 15.5 Å². The molecule has 0 radical (unpaired) electrons. The normalized spacial score (nSPS) is 23.9. The van der Waals surface area contributed by atoms with Gasteiger partial charge in [0.1, 0.15) is 0 Å². The van der Waals surface area contributed by atoms with Crippen molar-refractivity contribution in [3.63, 3.8) is 0 Å². The molecule has 2 unspecified atom stereocenters. The number of hydrogen-bond donors (Lipinski definition) is 2. The molecule has 19 heavy (non-hydrogen) atoms. The van der Waals surface area contributed by atoms with Crippen molar-refractivity contribution in [3.05, 3.63) is 11.7 Å². The first-order valence-corrected chi connectivity index (χ1v) is 6.99. The van der Waals surface area contributed by atoms with Gasteiger partial charge in [-0.3, -0.25) is 4.79 Å². The molecule has 1 saturated carbocycles. The summed E-state index contributed by atoms with van der Waals surface area (Å²) in [7, 11) is 0. The summed E-state index contributed by atoms with van der Waals surface area (Å²) in [6, 6.07) is -0.00470. The third-order valence-electron chi connectivity index (χ3n) is 3.62. The Balaban J connectivity index is 1.76. The number of hydrogen-bond acceptors (Lipinski definition) is 5. The van der Waals surface area contributed by atoms with Crippen molar-refractivity contribution in [1.29, 1.82) is 0 Å². The van der Waals surface area contributed by atoms with Crippen LogP contribution in [0.3, 0.4) is 0 Å². The summed E-state index contributed by atoms with van der Waals surface area (Å²) in [5.74, 6) is 1.19. The summed E-state index contributed by atoms with van der Waals surface area (Å²) in [5, 5.41) is 6.72. The maximum atomic E-state index is 12.1. The van der Waals surface area contributed by atoms with Gasteiger partial charge in [-0.2, -0.15) is 4.98 Å². The monoisotopic (exact) mass is 266 g/mol. The number of nitrogens with zero attached hydrogens (tertiary/aromatic N) is 2. The molecule has 1 aliphatic rings. The Morgan fingerprint density at radius 2 is 2.21 bits per heavy atom. The van der Waals surface area contributed by atoms with Crippen LogP contribution in [0, 0.1) is 12.8 Å². The van der Waals surface area contributed by atoms with E-state index in [0.717, 1.165) is 25.7 Å². The molecule has 1 aliphatic carbocycles. The van der Waals surface area contributed by atoms with Gasteiger partial charge in [0, 0.05) is 25.9 Å². The van der Waals surface area contributed by atoms with Crippen LogP contribution in [0.1, 0.15) is 43.8 Å². The first-order valence-electron chi connectivity index (χ1n) is 6.99. The average molecular weight is 266 g/mol. The van der Waals surface area contributed by atoms with Gasteiger partial charge < -0.3 is 15.6 Å². The van der Waals surface area contributed by atoms with Crippen molar-refractivity contribution in [3.8, 4) is 0 Å². The van der Waals surface area contributed by atoms with E-state index in [1.165, 1.54) is 6.42 Å². The molecule has 0 bridgehead atoms. The molecule has 1 aromatic rings. The number of nitrogens with two attached hydrogens (primary N) is 1. The van der Waals surface area contributed by atoms with Gasteiger partial charge in [0.25, 0.3) is 0 Å². The molecule has 1 amide bonds. The van der Waals surface area contributed by atoms with Gasteiger partial charge in [0.2, 0.25) is 11.8 Å². The van der Waals surface area contributed by atoms with Gasteiger partial charge in [-0.15, -0.1) is 0 Å². The molecule has 3 N–H and O–H groups in total. The van der Waals surface area contributed by atoms with Crippen LogP contribution < -0.4 is 11.1 Å². The smallest absolute Gasteiger partial charge is 0.224 e. The lowest BCUT2D eigenvalue weighted by Crippen LogP contribution is -2.41. The minimum atomic E-state index is -0.0468. The van der Waals surface area contributed by atoms with Gasteiger partial charge in [-0.05, 0) is 12.8 Å². The van der Waals surface area contributed by atoms with Gasteiger partial charge in [-0.1, -0.05) is 24.4 Å². The van der Waals surface area contributed by atoms with E-state index in [1.807, 2.05) is 0 Å². The Morgan fingerprint density at radius 1 is 1.42 bits per heavy atom. The molecule has 6 heteroatoms. The van der Waals surface area contributed by atoms with Crippen molar-refractivity contribution in [2.75, 3.05) is 6.54 Å². The maximum absolute atomic E-state index is 12.1. The Bertz CT molecular complexity index is 419. The molecule has 1 heterocycles. The largest absolute Gasteiger partial charge is 0.355 e. The SMILES string of the molecule is Cc1nc(CCNC(=O)C2CCCCCC2N)no1. The second-order valence-corrected chi connectivity index (χ2v) is 5.18. The van der Waals surface area contributed by atoms with E-state index >= 15 is 0 Å². The molecule has 2 atom stereocenters. The van der Waals surface area contributed by atoms with E-state index in [1.54, 1.807) is 6.92 Å². The molecular weight excluding hydrogens is 244 g/mol. The van der Waals surface area contributed by atoms with Crippen molar-refractivity contribution in [2.24, 2.45) is 11.7 Å². The van der Waals surface area contributed by atoms with Crippen molar-refractivity contribution < 1.29 is 9.32 Å². The molecule has 1 aromatic heterocycles. The number of nitrogens with one attached hydrogen (secondary N) is 1. The highest BCUT2D eigenvalue weighted by Crippen LogP contribution is 2.22. The van der Waals surface area contributed by atoms with E-state index in [0.29, 0.717) is 24.7 Å². The number of rotatable bonds is 4. The number of amides is 1. The standard InChI is InChI=1S/C13H22N4O2/c1-9-16-12(17-19-9)7-8-15-13(18)10-5-3-2-4-6-11(10)14/h10-11H,2-8,14H2,1H3,(H,15,18). The van der Waals surface area contributed by atoms with Gasteiger partial charge in [-0.25, -0.2) is 0 Å². The fraction of sp³-hybridized carbons (Fsp3) is 0.769. The molecule has 0 aliphatic heterocycles. The molecule has 106 valence electrons. The second-order valence-electron chi connectivity index (χ2n) is 5.18. The Morgan fingerprint density at radius 3 is 2.95 bits per heavy atom. The van der Waals surface area contributed by atoms with Crippen LogP contribution >= 0.6 is 0 Å². The fourth-order valence-electron chi connectivity index (χ4n) is 2.53. The molecular formula is C13H22N4O2. The van der Waals surface area contributed by atoms with Crippen LogP contribution in [0.5, 0.6) is 0 Å². The van der Waals surface area contributed by atoms with E-state index < -0.39 is 0 Å². The van der Waals surface area contributed by atoms with Gasteiger partial charge in [0.15, 0.2) is 5.82 Å². The molecule has 0 spiro atoms. The highest BCUT2D eigenvalue weighted by atomic mass is 16.5. The van der Waals surface area contributed by atoms with Gasteiger partial charge >= 0.3 is 0 Å². The number of aryl methyl sites for hydroxylation is 1. The lowest BCUT2D eigenvalue weighted by atomic mass is 9.94. The number of carbonyl (C=O) groups excluding carboxylic acids is 1. The quantitative estimate of drug-likeness (QED) is 0.791. The second kappa shape index (κ2) is 6.65. The molecule has 6 nitrogen and oxygen atoms in total. The molecule has 1 fully saturated rings. The Labute approximate surface area is 113 Å². The summed E-state index contributed by atoms with van der Waals surface area (Å²) in [5.41, 5.74) is 6.07. The predicted molar refractivity (Wildman–Crippen MR) is 70.3 cm³/mol. The zero-order valence-electron chi connectivity index (χ0n) is 11.4. The fourth-order valence-corrected chi connectivity index (χ4v) is 2.53. The summed E-state index contributed by atoms with van der Waals surface area (Å²) < 4.78 is 4.88. The zero-order chi connectivity index (χ0) is 13.7. The minimum Gasteiger partial charge on any atom is -0.355 e. The number of carbonyl (C=O) groups is 1. The third-order valence-corrected chi connectivity index (χ3v) is 3.62. The third kappa shape index (κ3) is 4.02. The highest BCUT2D eigenvalue weighted by Gasteiger charge is 2.26. The predicted octanol–water partition coefficient (Wildman–Crippen LogP) is 0.944. The van der Waals surface area contributed by atoms with Crippen LogP contribution in [0.25, 0.3) is 0 Å². The van der Waals surface area contributed by atoms with E-state index in [4.69, 9.17) is 10.3 Å². The first-order chi connectivity index (χ1) is 9.16. The summed E-state index contributed by atoms with van der Waals surface area (Å²) in [6.07, 6.45) is 5.84. The lowest BCUT2D eigenvalue weighted by Gasteiger charge is -2.20. The van der Waals surface area contributed by atoms with Crippen LogP contribution in [-0.2, 0) is 11.2 Å². The van der Waals surface area contributed by atoms with Crippen LogP contribution in [-0.4, -0.2) is 28.6 Å². The van der Waals surface area contributed by atoms with E-state index in [9.17, 15) is 4.79 Å². The minimum absolute atomic E-state index is 0.00470.